The highest BCUT2D eigenvalue weighted by Crippen LogP contribution is 2.37. The highest BCUT2D eigenvalue weighted by Gasteiger charge is 2.19. The standard InChI is InChI=1S/C19H16BrClFN3O2/c1-3-27-18-14(20)8-12(21)9-16(18)24-19(26)13-10-23-25(11(13)2)17-7-5-4-6-15(17)22/h4-10H,3H2,1-2H3,(H,24,26). The summed E-state index contributed by atoms with van der Waals surface area (Å²) in [6, 6.07) is 9.52. The van der Waals surface area contributed by atoms with Gasteiger partial charge in [0.05, 0.1) is 34.2 Å². The molecule has 0 fully saturated rings. The van der Waals surface area contributed by atoms with Crippen LogP contribution in [0, 0.1) is 12.7 Å². The monoisotopic (exact) mass is 451 g/mol. The highest BCUT2D eigenvalue weighted by molar-refractivity contribution is 9.10. The zero-order chi connectivity index (χ0) is 19.6. The average molecular weight is 453 g/mol. The minimum Gasteiger partial charge on any atom is -0.491 e. The van der Waals surface area contributed by atoms with Crippen molar-refractivity contribution in [3.8, 4) is 11.4 Å². The highest BCUT2D eigenvalue weighted by atomic mass is 79.9. The fourth-order valence-electron chi connectivity index (χ4n) is 2.63. The summed E-state index contributed by atoms with van der Waals surface area (Å²) in [6.45, 7) is 3.97. The third-order valence-corrected chi connectivity index (χ3v) is 4.69. The number of rotatable bonds is 5. The van der Waals surface area contributed by atoms with Gasteiger partial charge in [-0.05, 0) is 54.0 Å². The van der Waals surface area contributed by atoms with Gasteiger partial charge in [0.2, 0.25) is 0 Å². The summed E-state index contributed by atoms with van der Waals surface area (Å²) in [5.74, 6) is -0.340. The number of hydrogen-bond acceptors (Lipinski definition) is 3. The Morgan fingerprint density at radius 3 is 2.81 bits per heavy atom. The Bertz CT molecular complexity index is 1010. The van der Waals surface area contributed by atoms with Gasteiger partial charge < -0.3 is 10.1 Å². The lowest BCUT2D eigenvalue weighted by Gasteiger charge is -2.14. The van der Waals surface area contributed by atoms with Crippen molar-refractivity contribution in [2.75, 3.05) is 11.9 Å². The maximum Gasteiger partial charge on any atom is 0.259 e. The van der Waals surface area contributed by atoms with E-state index >= 15 is 0 Å². The van der Waals surface area contributed by atoms with Gasteiger partial charge in [0.15, 0.2) is 5.75 Å². The van der Waals surface area contributed by atoms with Gasteiger partial charge in [-0.3, -0.25) is 4.79 Å². The number of halogens is 3. The normalized spacial score (nSPS) is 10.7. The molecule has 0 aliphatic rings. The first kappa shape index (κ1) is 19.4. The number of aromatic nitrogens is 2. The van der Waals surface area contributed by atoms with Crippen molar-refractivity contribution in [1.29, 1.82) is 0 Å². The molecule has 3 aromatic rings. The van der Waals surface area contributed by atoms with Crippen LogP contribution in [-0.2, 0) is 0 Å². The van der Waals surface area contributed by atoms with Crippen LogP contribution in [0.3, 0.4) is 0 Å². The summed E-state index contributed by atoms with van der Waals surface area (Å²) in [5, 5.41) is 7.38. The molecule has 0 saturated heterocycles. The molecule has 1 amide bonds. The van der Waals surface area contributed by atoms with Crippen LogP contribution in [0.25, 0.3) is 5.69 Å². The van der Waals surface area contributed by atoms with E-state index in [1.54, 1.807) is 37.3 Å². The number of nitrogens with zero attached hydrogens (tertiary/aromatic N) is 2. The maximum atomic E-state index is 14.0. The van der Waals surface area contributed by atoms with Crippen LogP contribution in [0.15, 0.2) is 47.1 Å². The quantitative estimate of drug-likeness (QED) is 0.565. The largest absolute Gasteiger partial charge is 0.491 e. The maximum absolute atomic E-state index is 14.0. The molecule has 5 nitrogen and oxygen atoms in total. The average Bonchev–Trinajstić information content (AvgIpc) is 3.00. The molecule has 1 heterocycles. The van der Waals surface area contributed by atoms with Crippen molar-refractivity contribution in [3.63, 3.8) is 0 Å². The van der Waals surface area contributed by atoms with Gasteiger partial charge in [-0.2, -0.15) is 5.10 Å². The SMILES string of the molecule is CCOc1c(Br)cc(Cl)cc1NC(=O)c1cnn(-c2ccccc2F)c1C. The smallest absolute Gasteiger partial charge is 0.259 e. The van der Waals surface area contributed by atoms with Crippen LogP contribution in [-0.4, -0.2) is 22.3 Å². The molecule has 1 N–H and O–H groups in total. The second-order valence-corrected chi connectivity index (χ2v) is 6.95. The fourth-order valence-corrected chi connectivity index (χ4v) is 3.56. The van der Waals surface area contributed by atoms with E-state index in [-0.39, 0.29) is 5.69 Å². The van der Waals surface area contributed by atoms with Crippen molar-refractivity contribution < 1.29 is 13.9 Å². The van der Waals surface area contributed by atoms with Gasteiger partial charge in [-0.25, -0.2) is 9.07 Å². The minimum atomic E-state index is -0.423. The van der Waals surface area contributed by atoms with E-state index in [0.717, 1.165) is 0 Å². The molecule has 0 aliphatic heterocycles. The van der Waals surface area contributed by atoms with Gasteiger partial charge in [-0.1, -0.05) is 23.7 Å². The molecule has 0 aliphatic carbocycles. The van der Waals surface area contributed by atoms with Gasteiger partial charge in [0.1, 0.15) is 11.5 Å². The zero-order valence-electron chi connectivity index (χ0n) is 14.6. The van der Waals surface area contributed by atoms with E-state index in [2.05, 4.69) is 26.3 Å². The third-order valence-electron chi connectivity index (χ3n) is 3.88. The lowest BCUT2D eigenvalue weighted by molar-refractivity contribution is 0.102. The van der Waals surface area contributed by atoms with Crippen LogP contribution in [0.4, 0.5) is 10.1 Å². The molecule has 140 valence electrons. The predicted molar refractivity (Wildman–Crippen MR) is 107 cm³/mol. The van der Waals surface area contributed by atoms with Crippen LogP contribution in [0.1, 0.15) is 23.0 Å². The topological polar surface area (TPSA) is 56.1 Å². The van der Waals surface area contributed by atoms with Crippen LogP contribution >= 0.6 is 27.5 Å². The molecule has 0 unspecified atom stereocenters. The van der Waals surface area contributed by atoms with E-state index in [0.29, 0.717) is 38.8 Å². The summed E-state index contributed by atoms with van der Waals surface area (Å²) in [7, 11) is 0. The van der Waals surface area contributed by atoms with Crippen molar-refractivity contribution in [3.05, 3.63) is 69.2 Å². The molecule has 1 aromatic heterocycles. The second kappa shape index (κ2) is 8.10. The van der Waals surface area contributed by atoms with Gasteiger partial charge in [0.25, 0.3) is 5.91 Å². The molecule has 0 bridgehead atoms. The Balaban J connectivity index is 1.94. The number of amides is 1. The first-order chi connectivity index (χ1) is 12.9. The second-order valence-electron chi connectivity index (χ2n) is 5.66. The van der Waals surface area contributed by atoms with E-state index in [4.69, 9.17) is 16.3 Å². The van der Waals surface area contributed by atoms with Crippen molar-refractivity contribution >= 4 is 39.1 Å². The Labute approximate surface area is 169 Å². The summed E-state index contributed by atoms with van der Waals surface area (Å²) >= 11 is 9.47. The lowest BCUT2D eigenvalue weighted by atomic mass is 10.2. The number of carbonyl (C=O) groups is 1. The van der Waals surface area contributed by atoms with E-state index in [9.17, 15) is 9.18 Å². The lowest BCUT2D eigenvalue weighted by Crippen LogP contribution is -2.14. The molecule has 27 heavy (non-hydrogen) atoms. The Kier molecular flexibility index (Phi) is 5.82. The first-order valence-electron chi connectivity index (χ1n) is 8.15. The van der Waals surface area contributed by atoms with E-state index in [1.165, 1.54) is 16.9 Å². The van der Waals surface area contributed by atoms with Gasteiger partial charge in [0, 0.05) is 5.02 Å². The van der Waals surface area contributed by atoms with Gasteiger partial charge in [-0.15, -0.1) is 0 Å². The third kappa shape index (κ3) is 3.99. The number of para-hydroxylation sites is 1. The Morgan fingerprint density at radius 1 is 1.37 bits per heavy atom. The minimum absolute atomic E-state index is 0.273. The van der Waals surface area contributed by atoms with Crippen LogP contribution in [0.5, 0.6) is 5.75 Å². The molecular weight excluding hydrogens is 437 g/mol. The molecule has 3 rings (SSSR count). The zero-order valence-corrected chi connectivity index (χ0v) is 16.9. The molecular formula is C19H16BrClFN3O2. The molecule has 0 spiro atoms. The number of hydrogen-bond donors (Lipinski definition) is 1. The Hall–Kier alpha value is -2.38. The van der Waals surface area contributed by atoms with Gasteiger partial charge >= 0.3 is 0 Å². The van der Waals surface area contributed by atoms with E-state index in [1.807, 2.05) is 6.92 Å². The van der Waals surface area contributed by atoms with E-state index < -0.39 is 11.7 Å². The number of nitrogens with one attached hydrogen (secondary N) is 1. The summed E-state index contributed by atoms with van der Waals surface area (Å²) in [5.41, 5.74) is 1.53. The number of ether oxygens (including phenoxy) is 1. The van der Waals surface area contributed by atoms with Crippen molar-refractivity contribution in [2.45, 2.75) is 13.8 Å². The number of anilines is 1. The van der Waals surface area contributed by atoms with Crippen molar-refractivity contribution in [1.82, 2.24) is 9.78 Å². The predicted octanol–water partition coefficient (Wildman–Crippen LogP) is 5.39. The molecule has 0 saturated carbocycles. The summed E-state index contributed by atoms with van der Waals surface area (Å²) in [4.78, 5) is 12.8. The van der Waals surface area contributed by atoms with Crippen LogP contribution in [0.2, 0.25) is 5.02 Å². The number of carbonyl (C=O) groups excluding carboxylic acids is 1. The summed E-state index contributed by atoms with van der Waals surface area (Å²) in [6.07, 6.45) is 1.40. The molecule has 2 aromatic carbocycles. The first-order valence-corrected chi connectivity index (χ1v) is 9.32. The Morgan fingerprint density at radius 2 is 2.11 bits per heavy atom. The molecule has 8 heteroatoms. The van der Waals surface area contributed by atoms with Crippen molar-refractivity contribution in [2.24, 2.45) is 0 Å². The molecule has 0 atom stereocenters. The molecule has 0 radical (unpaired) electrons. The fraction of sp³-hybridized carbons (Fsp3) is 0.158. The summed E-state index contributed by atoms with van der Waals surface area (Å²) < 4.78 is 21.7. The van der Waals surface area contributed by atoms with Crippen LogP contribution < -0.4 is 10.1 Å². The number of benzene rings is 2.